The average Bonchev–Trinajstić information content (AvgIpc) is 2.59. The lowest BCUT2D eigenvalue weighted by Crippen LogP contribution is -2.22. The van der Waals surface area contributed by atoms with E-state index in [9.17, 15) is 4.79 Å². The van der Waals surface area contributed by atoms with E-state index in [1.807, 2.05) is 38.2 Å². The molecular formula is C20H27N3O. The van der Waals surface area contributed by atoms with E-state index in [0.29, 0.717) is 6.42 Å². The summed E-state index contributed by atoms with van der Waals surface area (Å²) in [4.78, 5) is 18.7. The summed E-state index contributed by atoms with van der Waals surface area (Å²) in [7, 11) is 0. The monoisotopic (exact) mass is 325 g/mol. The van der Waals surface area contributed by atoms with Crippen LogP contribution in [0.2, 0.25) is 0 Å². The Balaban J connectivity index is 2.01. The van der Waals surface area contributed by atoms with E-state index in [0.717, 1.165) is 29.9 Å². The summed E-state index contributed by atoms with van der Waals surface area (Å²) in [6, 6.07) is 10.1. The first-order valence-electron chi connectivity index (χ1n) is 8.60. The van der Waals surface area contributed by atoms with Crippen LogP contribution in [-0.4, -0.2) is 24.0 Å². The van der Waals surface area contributed by atoms with E-state index in [4.69, 9.17) is 0 Å². The minimum Gasteiger partial charge on any atom is -0.372 e. The zero-order valence-electron chi connectivity index (χ0n) is 15.0. The van der Waals surface area contributed by atoms with E-state index >= 15 is 0 Å². The number of hydrogen-bond donors (Lipinski definition) is 1. The smallest absolute Gasteiger partial charge is 0.224 e. The van der Waals surface area contributed by atoms with E-state index < -0.39 is 0 Å². The molecule has 1 heterocycles. The molecule has 4 nitrogen and oxygen atoms in total. The molecule has 0 saturated heterocycles. The molecule has 0 bridgehead atoms. The van der Waals surface area contributed by atoms with Crippen LogP contribution in [0.15, 0.2) is 42.7 Å². The van der Waals surface area contributed by atoms with Crippen LogP contribution in [-0.2, 0) is 4.79 Å². The highest BCUT2D eigenvalue weighted by Gasteiger charge is 2.13. The summed E-state index contributed by atoms with van der Waals surface area (Å²) in [5, 5.41) is 3.04. The SMILES string of the molecule is CCN(CC)c1ccc(NC(=O)CC(C)c2cccnc2)c(C)c1. The number of rotatable bonds is 7. The third-order valence-electron chi connectivity index (χ3n) is 4.36. The molecule has 0 spiro atoms. The molecule has 1 unspecified atom stereocenters. The first-order valence-corrected chi connectivity index (χ1v) is 8.60. The Morgan fingerprint density at radius 3 is 2.58 bits per heavy atom. The van der Waals surface area contributed by atoms with Crippen LogP contribution in [0, 0.1) is 6.92 Å². The van der Waals surface area contributed by atoms with Gasteiger partial charge in [-0.15, -0.1) is 0 Å². The van der Waals surface area contributed by atoms with Crippen molar-refractivity contribution in [3.63, 3.8) is 0 Å². The molecule has 0 saturated carbocycles. The summed E-state index contributed by atoms with van der Waals surface area (Å²) >= 11 is 0. The Bertz CT molecular complexity index is 666. The van der Waals surface area contributed by atoms with Crippen molar-refractivity contribution in [2.45, 2.75) is 40.0 Å². The first-order chi connectivity index (χ1) is 11.5. The highest BCUT2D eigenvalue weighted by Crippen LogP contribution is 2.24. The van der Waals surface area contributed by atoms with Crippen molar-refractivity contribution in [1.82, 2.24) is 4.98 Å². The minimum absolute atomic E-state index is 0.0324. The Hall–Kier alpha value is -2.36. The second kappa shape index (κ2) is 8.48. The summed E-state index contributed by atoms with van der Waals surface area (Å²) in [6.07, 6.45) is 4.02. The molecule has 1 aromatic carbocycles. The highest BCUT2D eigenvalue weighted by atomic mass is 16.1. The van der Waals surface area contributed by atoms with Crippen LogP contribution >= 0.6 is 0 Å². The van der Waals surface area contributed by atoms with Gasteiger partial charge in [-0.25, -0.2) is 0 Å². The predicted octanol–water partition coefficient (Wildman–Crippen LogP) is 4.37. The zero-order chi connectivity index (χ0) is 17.5. The average molecular weight is 325 g/mol. The van der Waals surface area contributed by atoms with Gasteiger partial charge < -0.3 is 10.2 Å². The van der Waals surface area contributed by atoms with Gasteiger partial charge in [0, 0.05) is 43.3 Å². The van der Waals surface area contributed by atoms with E-state index in [-0.39, 0.29) is 11.8 Å². The van der Waals surface area contributed by atoms with Gasteiger partial charge >= 0.3 is 0 Å². The van der Waals surface area contributed by atoms with Crippen LogP contribution in [0.1, 0.15) is 44.2 Å². The molecule has 1 atom stereocenters. The number of nitrogens with one attached hydrogen (secondary N) is 1. The summed E-state index contributed by atoms with van der Waals surface area (Å²) < 4.78 is 0. The second-order valence-corrected chi connectivity index (χ2v) is 6.11. The number of hydrogen-bond acceptors (Lipinski definition) is 3. The van der Waals surface area contributed by atoms with Crippen LogP contribution < -0.4 is 10.2 Å². The molecule has 0 aliphatic rings. The number of nitrogens with zero attached hydrogens (tertiary/aromatic N) is 2. The van der Waals surface area contributed by atoms with Crippen molar-refractivity contribution in [3.8, 4) is 0 Å². The van der Waals surface area contributed by atoms with Crippen LogP contribution in [0.25, 0.3) is 0 Å². The van der Waals surface area contributed by atoms with Gasteiger partial charge in [0.15, 0.2) is 0 Å². The van der Waals surface area contributed by atoms with Crippen molar-refractivity contribution >= 4 is 17.3 Å². The third-order valence-corrected chi connectivity index (χ3v) is 4.36. The number of benzene rings is 1. The molecule has 1 N–H and O–H groups in total. The third kappa shape index (κ3) is 4.57. The van der Waals surface area contributed by atoms with Gasteiger partial charge in [-0.1, -0.05) is 13.0 Å². The lowest BCUT2D eigenvalue weighted by Gasteiger charge is -2.22. The number of aryl methyl sites for hydroxylation is 1. The molecular weight excluding hydrogens is 298 g/mol. The van der Waals surface area contributed by atoms with Crippen LogP contribution in [0.3, 0.4) is 0 Å². The second-order valence-electron chi connectivity index (χ2n) is 6.11. The quantitative estimate of drug-likeness (QED) is 0.822. The van der Waals surface area contributed by atoms with Crippen molar-refractivity contribution < 1.29 is 4.79 Å². The first kappa shape index (κ1) is 18.0. The maximum atomic E-state index is 12.3. The highest BCUT2D eigenvalue weighted by molar-refractivity contribution is 5.92. The van der Waals surface area contributed by atoms with Crippen molar-refractivity contribution in [2.24, 2.45) is 0 Å². The maximum Gasteiger partial charge on any atom is 0.224 e. The lowest BCUT2D eigenvalue weighted by molar-refractivity contribution is -0.116. The molecule has 1 amide bonds. The fraction of sp³-hybridized carbons (Fsp3) is 0.400. The number of aromatic nitrogens is 1. The summed E-state index contributed by atoms with van der Waals surface area (Å²) in [6.45, 7) is 10.3. The molecule has 4 heteroatoms. The number of pyridine rings is 1. The van der Waals surface area contributed by atoms with Crippen LogP contribution in [0.5, 0.6) is 0 Å². The van der Waals surface area contributed by atoms with Crippen molar-refractivity contribution in [3.05, 3.63) is 53.9 Å². The maximum absolute atomic E-state index is 12.3. The van der Waals surface area contributed by atoms with Gasteiger partial charge in [0.05, 0.1) is 0 Å². The predicted molar refractivity (Wildman–Crippen MR) is 101 cm³/mol. The van der Waals surface area contributed by atoms with Gasteiger partial charge in [0.25, 0.3) is 0 Å². The zero-order valence-corrected chi connectivity index (χ0v) is 15.0. The lowest BCUT2D eigenvalue weighted by atomic mass is 9.99. The Labute approximate surface area is 144 Å². The molecule has 24 heavy (non-hydrogen) atoms. The molecule has 0 fully saturated rings. The minimum atomic E-state index is 0.0324. The number of anilines is 2. The van der Waals surface area contributed by atoms with Gasteiger partial charge in [0.1, 0.15) is 0 Å². The Morgan fingerprint density at radius 1 is 1.25 bits per heavy atom. The van der Waals surface area contributed by atoms with Gasteiger partial charge in [-0.2, -0.15) is 0 Å². The van der Waals surface area contributed by atoms with E-state index in [2.05, 4.69) is 41.2 Å². The molecule has 0 aliphatic carbocycles. The van der Waals surface area contributed by atoms with E-state index in [1.165, 1.54) is 5.69 Å². The molecule has 128 valence electrons. The van der Waals surface area contributed by atoms with E-state index in [1.54, 1.807) is 6.20 Å². The largest absolute Gasteiger partial charge is 0.372 e. The summed E-state index contributed by atoms with van der Waals surface area (Å²) in [5.74, 6) is 0.180. The molecule has 2 rings (SSSR count). The number of amides is 1. The Morgan fingerprint density at radius 2 is 2.00 bits per heavy atom. The molecule has 0 radical (unpaired) electrons. The number of carbonyl (C=O) groups is 1. The standard InChI is InChI=1S/C20H27N3O/c1-5-23(6-2)18-9-10-19(16(4)12-18)22-20(24)13-15(3)17-8-7-11-21-14-17/h7-12,14-15H,5-6,13H2,1-4H3,(H,22,24). The summed E-state index contributed by atoms with van der Waals surface area (Å²) in [5.41, 5.74) is 4.25. The molecule has 2 aromatic rings. The van der Waals surface area contributed by atoms with Crippen molar-refractivity contribution in [1.29, 1.82) is 0 Å². The van der Waals surface area contributed by atoms with Gasteiger partial charge in [-0.05, 0) is 62.1 Å². The van der Waals surface area contributed by atoms with Gasteiger partial charge in [-0.3, -0.25) is 9.78 Å². The Kier molecular flexibility index (Phi) is 6.36. The topological polar surface area (TPSA) is 45.2 Å². The van der Waals surface area contributed by atoms with Crippen LogP contribution in [0.4, 0.5) is 11.4 Å². The molecule has 1 aromatic heterocycles. The fourth-order valence-electron chi connectivity index (χ4n) is 2.84. The molecule has 0 aliphatic heterocycles. The van der Waals surface area contributed by atoms with Crippen molar-refractivity contribution in [2.75, 3.05) is 23.3 Å². The van der Waals surface area contributed by atoms with Gasteiger partial charge in [0.2, 0.25) is 5.91 Å². The number of carbonyl (C=O) groups excluding carboxylic acids is 1. The fourth-order valence-corrected chi connectivity index (χ4v) is 2.84. The normalized spacial score (nSPS) is 11.8.